The summed E-state index contributed by atoms with van der Waals surface area (Å²) in [6.45, 7) is 4.47. The molecule has 0 bridgehead atoms. The van der Waals surface area contributed by atoms with Gasteiger partial charge in [0.2, 0.25) is 5.91 Å². The second-order valence-corrected chi connectivity index (χ2v) is 7.53. The van der Waals surface area contributed by atoms with Gasteiger partial charge in [0.25, 0.3) is 5.91 Å². The number of hydrogen-bond donors (Lipinski definition) is 2. The number of anilines is 2. The maximum absolute atomic E-state index is 12.7. The van der Waals surface area contributed by atoms with Crippen LogP contribution in [0.25, 0.3) is 0 Å². The Labute approximate surface area is 178 Å². The van der Waals surface area contributed by atoms with E-state index in [4.69, 9.17) is 4.74 Å². The number of rotatable bonds is 9. The molecule has 1 fully saturated rings. The molecule has 2 aromatic carbocycles. The van der Waals surface area contributed by atoms with Crippen molar-refractivity contribution in [3.05, 3.63) is 54.1 Å². The topological polar surface area (TPSA) is 70.7 Å². The second-order valence-electron chi connectivity index (χ2n) is 7.53. The Morgan fingerprint density at radius 3 is 2.63 bits per heavy atom. The highest BCUT2D eigenvalue weighted by atomic mass is 16.5. The molecule has 0 radical (unpaired) electrons. The summed E-state index contributed by atoms with van der Waals surface area (Å²) < 4.78 is 5.76. The fraction of sp³-hybridized carbons (Fsp3) is 0.417. The van der Waals surface area contributed by atoms with Gasteiger partial charge in [-0.3, -0.25) is 9.59 Å². The number of benzene rings is 2. The molecular weight excluding hydrogens is 378 g/mol. The monoisotopic (exact) mass is 409 g/mol. The van der Waals surface area contributed by atoms with Crippen molar-refractivity contribution >= 4 is 23.2 Å². The fourth-order valence-corrected chi connectivity index (χ4v) is 3.44. The standard InChI is InChI=1S/C24H31N3O3/c1-2-3-16-30-22-13-6-5-12-21(22)26-23(28)18-25-20-11-9-10-19(17-20)24(29)27-14-7-4-8-15-27/h5-6,9-13,17,25H,2-4,7-8,14-16,18H2,1H3,(H,26,28). The van der Waals surface area contributed by atoms with Crippen LogP contribution in [0.3, 0.4) is 0 Å². The summed E-state index contributed by atoms with van der Waals surface area (Å²) in [6, 6.07) is 14.8. The van der Waals surface area contributed by atoms with Crippen LogP contribution in [-0.2, 0) is 4.79 Å². The molecule has 0 unspecified atom stereocenters. The minimum absolute atomic E-state index is 0.0564. The largest absolute Gasteiger partial charge is 0.491 e. The number of nitrogens with zero attached hydrogens (tertiary/aromatic N) is 1. The summed E-state index contributed by atoms with van der Waals surface area (Å²) in [4.78, 5) is 27.0. The predicted molar refractivity (Wildman–Crippen MR) is 120 cm³/mol. The number of carbonyl (C=O) groups excluding carboxylic acids is 2. The lowest BCUT2D eigenvalue weighted by molar-refractivity contribution is -0.114. The number of likely N-dealkylation sites (tertiary alicyclic amines) is 1. The number of carbonyl (C=O) groups is 2. The first-order chi connectivity index (χ1) is 14.7. The van der Waals surface area contributed by atoms with Gasteiger partial charge in [-0.2, -0.15) is 0 Å². The average molecular weight is 410 g/mol. The van der Waals surface area contributed by atoms with Crippen LogP contribution in [0.4, 0.5) is 11.4 Å². The third-order valence-corrected chi connectivity index (χ3v) is 5.12. The summed E-state index contributed by atoms with van der Waals surface area (Å²) in [5, 5.41) is 6.01. The van der Waals surface area contributed by atoms with Crippen LogP contribution in [0.5, 0.6) is 5.75 Å². The van der Waals surface area contributed by atoms with Gasteiger partial charge in [0.15, 0.2) is 0 Å². The third-order valence-electron chi connectivity index (χ3n) is 5.12. The van der Waals surface area contributed by atoms with Crippen LogP contribution >= 0.6 is 0 Å². The molecule has 2 aromatic rings. The highest BCUT2D eigenvalue weighted by molar-refractivity contribution is 5.96. The van der Waals surface area contributed by atoms with Gasteiger partial charge in [-0.05, 0) is 56.0 Å². The number of amides is 2. The SMILES string of the molecule is CCCCOc1ccccc1NC(=O)CNc1cccc(C(=O)N2CCCCC2)c1. The van der Waals surface area contributed by atoms with Crippen molar-refractivity contribution in [3.8, 4) is 5.75 Å². The molecule has 0 spiro atoms. The van der Waals surface area contributed by atoms with E-state index in [0.717, 1.165) is 44.5 Å². The van der Waals surface area contributed by atoms with E-state index in [-0.39, 0.29) is 18.4 Å². The Bertz CT molecular complexity index is 847. The molecule has 3 rings (SSSR count). The van der Waals surface area contributed by atoms with Gasteiger partial charge in [0.05, 0.1) is 18.8 Å². The summed E-state index contributed by atoms with van der Waals surface area (Å²) in [5.41, 5.74) is 2.06. The van der Waals surface area contributed by atoms with E-state index in [1.54, 1.807) is 0 Å². The van der Waals surface area contributed by atoms with E-state index in [2.05, 4.69) is 17.6 Å². The highest BCUT2D eigenvalue weighted by Crippen LogP contribution is 2.24. The van der Waals surface area contributed by atoms with Gasteiger partial charge in [-0.25, -0.2) is 0 Å². The van der Waals surface area contributed by atoms with E-state index >= 15 is 0 Å². The first-order valence-electron chi connectivity index (χ1n) is 10.8. The van der Waals surface area contributed by atoms with Crippen LogP contribution in [0, 0.1) is 0 Å². The van der Waals surface area contributed by atoms with Gasteiger partial charge in [-0.1, -0.05) is 31.5 Å². The Balaban J connectivity index is 1.54. The van der Waals surface area contributed by atoms with Gasteiger partial charge >= 0.3 is 0 Å². The quantitative estimate of drug-likeness (QED) is 0.597. The van der Waals surface area contributed by atoms with Gasteiger partial charge in [-0.15, -0.1) is 0 Å². The maximum Gasteiger partial charge on any atom is 0.253 e. The first kappa shape index (κ1) is 21.7. The van der Waals surface area contributed by atoms with Crippen molar-refractivity contribution in [2.75, 3.05) is 36.9 Å². The van der Waals surface area contributed by atoms with Crippen LogP contribution < -0.4 is 15.4 Å². The zero-order chi connectivity index (χ0) is 21.2. The Hall–Kier alpha value is -3.02. The molecule has 1 heterocycles. The Morgan fingerprint density at radius 2 is 1.83 bits per heavy atom. The van der Waals surface area contributed by atoms with Crippen LogP contribution in [0.1, 0.15) is 49.4 Å². The zero-order valence-electron chi connectivity index (χ0n) is 17.7. The van der Waals surface area contributed by atoms with Crippen molar-refractivity contribution in [2.45, 2.75) is 39.0 Å². The van der Waals surface area contributed by atoms with E-state index in [1.165, 1.54) is 6.42 Å². The van der Waals surface area contributed by atoms with Gasteiger partial charge in [0.1, 0.15) is 5.75 Å². The predicted octanol–water partition coefficient (Wildman–Crippen LogP) is 4.54. The van der Waals surface area contributed by atoms with E-state index in [9.17, 15) is 9.59 Å². The van der Waals surface area contributed by atoms with Crippen molar-refractivity contribution in [1.29, 1.82) is 0 Å². The number of ether oxygens (including phenoxy) is 1. The highest BCUT2D eigenvalue weighted by Gasteiger charge is 2.18. The molecule has 0 saturated carbocycles. The van der Waals surface area contributed by atoms with Crippen molar-refractivity contribution < 1.29 is 14.3 Å². The van der Waals surface area contributed by atoms with Gasteiger partial charge in [0, 0.05) is 24.3 Å². The van der Waals surface area contributed by atoms with E-state index in [1.807, 2.05) is 53.4 Å². The lowest BCUT2D eigenvalue weighted by Crippen LogP contribution is -2.35. The van der Waals surface area contributed by atoms with Crippen molar-refractivity contribution in [3.63, 3.8) is 0 Å². The molecule has 2 amide bonds. The normalized spacial score (nSPS) is 13.6. The van der Waals surface area contributed by atoms with E-state index < -0.39 is 0 Å². The number of unbranched alkanes of at least 4 members (excludes halogenated alkanes) is 1. The number of para-hydroxylation sites is 2. The van der Waals surface area contributed by atoms with Crippen LogP contribution in [0.2, 0.25) is 0 Å². The average Bonchev–Trinajstić information content (AvgIpc) is 2.79. The second kappa shape index (κ2) is 11.2. The number of nitrogens with one attached hydrogen (secondary N) is 2. The lowest BCUT2D eigenvalue weighted by atomic mass is 10.1. The zero-order valence-corrected chi connectivity index (χ0v) is 17.7. The molecule has 0 aliphatic carbocycles. The summed E-state index contributed by atoms with van der Waals surface area (Å²) in [5.74, 6) is 0.559. The molecule has 1 saturated heterocycles. The minimum atomic E-state index is -0.172. The molecular formula is C24H31N3O3. The third kappa shape index (κ3) is 6.24. The maximum atomic E-state index is 12.7. The number of piperidine rings is 1. The summed E-state index contributed by atoms with van der Waals surface area (Å²) in [6.07, 6.45) is 5.34. The fourth-order valence-electron chi connectivity index (χ4n) is 3.44. The molecule has 1 aliphatic heterocycles. The summed E-state index contributed by atoms with van der Waals surface area (Å²) in [7, 11) is 0. The number of hydrogen-bond acceptors (Lipinski definition) is 4. The molecule has 0 aromatic heterocycles. The van der Waals surface area contributed by atoms with Crippen LogP contribution in [-0.4, -0.2) is 43.0 Å². The summed E-state index contributed by atoms with van der Waals surface area (Å²) >= 11 is 0. The molecule has 6 heteroatoms. The molecule has 2 N–H and O–H groups in total. The van der Waals surface area contributed by atoms with Gasteiger partial charge < -0.3 is 20.3 Å². The van der Waals surface area contributed by atoms with Crippen molar-refractivity contribution in [2.24, 2.45) is 0 Å². The molecule has 1 aliphatic rings. The first-order valence-corrected chi connectivity index (χ1v) is 10.8. The Morgan fingerprint density at radius 1 is 1.03 bits per heavy atom. The molecule has 160 valence electrons. The van der Waals surface area contributed by atoms with Crippen LogP contribution in [0.15, 0.2) is 48.5 Å². The Kier molecular flexibility index (Phi) is 8.12. The lowest BCUT2D eigenvalue weighted by Gasteiger charge is -2.26. The smallest absolute Gasteiger partial charge is 0.253 e. The molecule has 6 nitrogen and oxygen atoms in total. The molecule has 30 heavy (non-hydrogen) atoms. The van der Waals surface area contributed by atoms with E-state index in [0.29, 0.717) is 23.6 Å². The molecule has 0 atom stereocenters. The van der Waals surface area contributed by atoms with Crippen molar-refractivity contribution in [1.82, 2.24) is 4.90 Å². The minimum Gasteiger partial charge on any atom is -0.491 e.